The molecule has 0 heterocycles. The zero-order valence-corrected chi connectivity index (χ0v) is 20.8. The summed E-state index contributed by atoms with van der Waals surface area (Å²) in [5.41, 5.74) is 2.39. The molecule has 0 aliphatic rings. The van der Waals surface area contributed by atoms with Crippen molar-refractivity contribution < 1.29 is 18.1 Å². The first kappa shape index (κ1) is 25.6. The van der Waals surface area contributed by atoms with E-state index in [0.29, 0.717) is 0 Å². The molecule has 0 spiro atoms. The van der Waals surface area contributed by atoms with Crippen molar-refractivity contribution in [2.45, 2.75) is 17.9 Å². The van der Waals surface area contributed by atoms with Crippen LogP contribution in [0.1, 0.15) is 22.7 Å². The first-order valence-electron chi connectivity index (χ1n) is 11.5. The molecule has 37 heavy (non-hydrogen) atoms. The molecule has 0 saturated carbocycles. The molecule has 4 aromatic carbocycles. The van der Waals surface area contributed by atoms with Gasteiger partial charge in [0.05, 0.1) is 21.5 Å². The molecule has 0 aliphatic heterocycles. The molecule has 0 fully saturated rings. The summed E-state index contributed by atoms with van der Waals surface area (Å²) in [7, 11) is -4.21. The Kier molecular flexibility index (Phi) is 7.64. The monoisotopic (exact) mass is 515 g/mol. The van der Waals surface area contributed by atoms with Gasteiger partial charge in [-0.2, -0.15) is 0 Å². The number of nitrogens with zero attached hydrogens (tertiary/aromatic N) is 2. The Morgan fingerprint density at radius 1 is 0.892 bits per heavy atom. The van der Waals surface area contributed by atoms with Crippen molar-refractivity contribution in [3.05, 3.63) is 136 Å². The summed E-state index contributed by atoms with van der Waals surface area (Å²) < 4.78 is 28.1. The highest BCUT2D eigenvalue weighted by Gasteiger charge is 2.29. The molecule has 4 aromatic rings. The van der Waals surface area contributed by atoms with E-state index in [1.54, 1.807) is 18.2 Å². The van der Waals surface area contributed by atoms with Crippen LogP contribution in [0.5, 0.6) is 0 Å². The number of carbonyl (C=O) groups is 1. The maximum Gasteiger partial charge on any atom is 0.271 e. The number of amides is 1. The second-order valence-corrected chi connectivity index (χ2v) is 10.2. The zero-order valence-electron chi connectivity index (χ0n) is 20.0. The highest BCUT2D eigenvalue weighted by Crippen LogP contribution is 2.28. The van der Waals surface area contributed by atoms with E-state index in [-0.39, 0.29) is 16.3 Å². The number of nitrogens with one attached hydrogen (secondary N) is 1. The number of aryl methyl sites for hydroxylation is 1. The molecule has 0 aromatic heterocycles. The highest BCUT2D eigenvalue weighted by atomic mass is 32.2. The molecular formula is C28H25N3O5S. The van der Waals surface area contributed by atoms with E-state index < -0.39 is 33.4 Å². The number of nitro benzene ring substituents is 1. The van der Waals surface area contributed by atoms with E-state index in [9.17, 15) is 23.3 Å². The molecule has 0 radical (unpaired) electrons. The average Bonchev–Trinajstić information content (AvgIpc) is 2.92. The van der Waals surface area contributed by atoms with Crippen molar-refractivity contribution in [1.82, 2.24) is 5.32 Å². The van der Waals surface area contributed by atoms with Gasteiger partial charge in [-0.1, -0.05) is 78.9 Å². The van der Waals surface area contributed by atoms with Gasteiger partial charge in [0.15, 0.2) is 0 Å². The average molecular weight is 516 g/mol. The molecule has 0 aliphatic carbocycles. The van der Waals surface area contributed by atoms with Crippen LogP contribution in [0, 0.1) is 17.0 Å². The van der Waals surface area contributed by atoms with E-state index >= 15 is 0 Å². The van der Waals surface area contributed by atoms with Crippen molar-refractivity contribution >= 4 is 27.3 Å². The number of nitro groups is 1. The van der Waals surface area contributed by atoms with Crippen LogP contribution in [0.4, 0.5) is 11.4 Å². The van der Waals surface area contributed by atoms with Crippen LogP contribution in [0.3, 0.4) is 0 Å². The van der Waals surface area contributed by atoms with Gasteiger partial charge in [-0.15, -0.1) is 0 Å². The normalized spacial score (nSPS) is 11.9. The number of non-ortho nitro benzene ring substituents is 1. The number of rotatable bonds is 9. The maximum atomic E-state index is 13.6. The van der Waals surface area contributed by atoms with Gasteiger partial charge in [-0.25, -0.2) is 8.42 Å². The van der Waals surface area contributed by atoms with Gasteiger partial charge >= 0.3 is 0 Å². The summed E-state index contributed by atoms with van der Waals surface area (Å²) in [6.07, 6.45) is 0. The third-order valence-corrected chi connectivity index (χ3v) is 7.67. The van der Waals surface area contributed by atoms with Crippen LogP contribution in [0.15, 0.2) is 114 Å². The van der Waals surface area contributed by atoms with Gasteiger partial charge in [-0.3, -0.25) is 19.2 Å². The van der Waals surface area contributed by atoms with E-state index in [1.807, 2.05) is 61.5 Å². The molecule has 1 amide bonds. The van der Waals surface area contributed by atoms with E-state index in [0.717, 1.165) is 27.1 Å². The molecule has 1 N–H and O–H groups in total. The summed E-state index contributed by atoms with van der Waals surface area (Å²) in [4.78, 5) is 24.2. The molecule has 8 nitrogen and oxygen atoms in total. The van der Waals surface area contributed by atoms with Gasteiger partial charge in [0.1, 0.15) is 6.54 Å². The minimum Gasteiger partial charge on any atom is -0.344 e. The molecule has 4 rings (SSSR count). The minimum absolute atomic E-state index is 0.0142. The first-order chi connectivity index (χ1) is 17.8. The third-order valence-electron chi connectivity index (χ3n) is 5.88. The fourth-order valence-electron chi connectivity index (χ4n) is 4.03. The second kappa shape index (κ2) is 11.0. The van der Waals surface area contributed by atoms with Crippen molar-refractivity contribution in [3.8, 4) is 0 Å². The van der Waals surface area contributed by atoms with Crippen LogP contribution in [-0.4, -0.2) is 25.8 Å². The SMILES string of the molecule is Cc1ccccc1[C@@H](NC(=O)CN(c1cccc([N+](=O)[O-])c1)S(=O)(=O)c1ccccc1)c1ccccc1. The Labute approximate surface area is 215 Å². The Bertz CT molecular complexity index is 1510. The van der Waals surface area contributed by atoms with Crippen molar-refractivity contribution in [2.24, 2.45) is 0 Å². The van der Waals surface area contributed by atoms with E-state index in [1.165, 1.54) is 30.3 Å². The predicted molar refractivity (Wildman–Crippen MR) is 142 cm³/mol. The second-order valence-electron chi connectivity index (χ2n) is 8.37. The molecule has 1 atom stereocenters. The summed E-state index contributed by atoms with van der Waals surface area (Å²) in [5, 5.41) is 14.3. The third kappa shape index (κ3) is 5.84. The lowest BCUT2D eigenvalue weighted by molar-refractivity contribution is -0.384. The number of carbonyl (C=O) groups excluding carboxylic acids is 1. The number of benzene rings is 4. The van der Waals surface area contributed by atoms with Crippen molar-refractivity contribution in [3.63, 3.8) is 0 Å². The van der Waals surface area contributed by atoms with Crippen molar-refractivity contribution in [2.75, 3.05) is 10.8 Å². The molecule has 0 unspecified atom stereocenters. The van der Waals surface area contributed by atoms with Crippen LogP contribution >= 0.6 is 0 Å². The predicted octanol–water partition coefficient (Wildman–Crippen LogP) is 5.00. The van der Waals surface area contributed by atoms with Crippen LogP contribution in [0.25, 0.3) is 0 Å². The zero-order chi connectivity index (χ0) is 26.4. The highest BCUT2D eigenvalue weighted by molar-refractivity contribution is 7.92. The lowest BCUT2D eigenvalue weighted by Gasteiger charge is -2.26. The Morgan fingerprint density at radius 3 is 2.16 bits per heavy atom. The molecule has 0 saturated heterocycles. The largest absolute Gasteiger partial charge is 0.344 e. The Hall–Kier alpha value is -4.50. The van der Waals surface area contributed by atoms with Crippen LogP contribution < -0.4 is 9.62 Å². The topological polar surface area (TPSA) is 110 Å². The Balaban J connectivity index is 1.72. The van der Waals surface area contributed by atoms with Gasteiger partial charge in [0.2, 0.25) is 5.91 Å². The molecule has 9 heteroatoms. The number of sulfonamides is 1. The minimum atomic E-state index is -4.21. The smallest absolute Gasteiger partial charge is 0.271 e. The first-order valence-corrected chi connectivity index (χ1v) is 12.9. The summed E-state index contributed by atoms with van der Waals surface area (Å²) in [5.74, 6) is -0.567. The van der Waals surface area contributed by atoms with Gasteiger partial charge in [0, 0.05) is 12.1 Å². The summed E-state index contributed by atoms with van der Waals surface area (Å²) in [6, 6.07) is 29.3. The van der Waals surface area contributed by atoms with Gasteiger partial charge < -0.3 is 5.32 Å². The molecular weight excluding hydrogens is 490 g/mol. The van der Waals surface area contributed by atoms with Gasteiger partial charge in [0.25, 0.3) is 15.7 Å². The van der Waals surface area contributed by atoms with E-state index in [2.05, 4.69) is 5.32 Å². The number of anilines is 1. The van der Waals surface area contributed by atoms with Crippen molar-refractivity contribution in [1.29, 1.82) is 0 Å². The number of hydrogen-bond donors (Lipinski definition) is 1. The van der Waals surface area contributed by atoms with Gasteiger partial charge in [-0.05, 0) is 41.8 Å². The standard InChI is InChI=1S/C28H25N3O5S/c1-21-11-8-9-18-26(21)28(22-12-4-2-5-13-22)29-27(32)20-30(23-14-10-15-24(19-23)31(33)34)37(35,36)25-16-6-3-7-17-25/h2-19,28H,20H2,1H3,(H,29,32)/t28-/m0/s1. The molecule has 0 bridgehead atoms. The number of hydrogen-bond acceptors (Lipinski definition) is 5. The van der Waals surface area contributed by atoms with Crippen LogP contribution in [0.2, 0.25) is 0 Å². The lowest BCUT2D eigenvalue weighted by atomic mass is 9.95. The van der Waals surface area contributed by atoms with Crippen LogP contribution in [-0.2, 0) is 14.8 Å². The summed E-state index contributed by atoms with van der Waals surface area (Å²) >= 11 is 0. The maximum absolute atomic E-state index is 13.6. The Morgan fingerprint density at radius 2 is 1.51 bits per heavy atom. The van der Waals surface area contributed by atoms with E-state index in [4.69, 9.17) is 0 Å². The lowest BCUT2D eigenvalue weighted by Crippen LogP contribution is -2.42. The molecule has 188 valence electrons. The quantitative estimate of drug-likeness (QED) is 0.249. The summed E-state index contributed by atoms with van der Waals surface area (Å²) in [6.45, 7) is 1.36. The fraction of sp³-hybridized carbons (Fsp3) is 0.107. The fourth-order valence-corrected chi connectivity index (χ4v) is 5.46.